The minimum Gasteiger partial charge on any atom is -0.388 e. The number of para-hydroxylation sites is 1. The van der Waals surface area contributed by atoms with Crippen molar-refractivity contribution < 1.29 is 0 Å². The van der Waals surface area contributed by atoms with Crippen LogP contribution in [-0.2, 0) is 0 Å². The molecular weight excluding hydrogens is 603 g/mol. The quantitative estimate of drug-likeness (QED) is 0.175. The fourth-order valence-corrected chi connectivity index (χ4v) is 7.72. The molecule has 0 bridgehead atoms. The van der Waals surface area contributed by atoms with Gasteiger partial charge in [-0.3, -0.25) is 4.99 Å². The zero-order valence-corrected chi connectivity index (χ0v) is 27.8. The van der Waals surface area contributed by atoms with Gasteiger partial charge in [-0.25, -0.2) is 0 Å². The highest BCUT2D eigenvalue weighted by molar-refractivity contribution is 7.26. The van der Waals surface area contributed by atoms with Crippen LogP contribution in [0.3, 0.4) is 0 Å². The number of allylic oxidation sites excluding steroid dienone is 1. The predicted molar refractivity (Wildman–Crippen MR) is 211 cm³/mol. The number of hydrogen-bond acceptors (Lipinski definition) is 4. The summed E-state index contributed by atoms with van der Waals surface area (Å²) in [7, 11) is 2.00. The van der Waals surface area contributed by atoms with Crippen molar-refractivity contribution in [1.82, 2.24) is 0 Å². The van der Waals surface area contributed by atoms with Gasteiger partial charge in [-0.05, 0) is 70.6 Å². The summed E-state index contributed by atoms with van der Waals surface area (Å²) in [6.07, 6.45) is 1.76. The molecule has 0 saturated heterocycles. The average molecular weight is 638 g/mol. The molecule has 0 aliphatic heterocycles. The molecule has 3 nitrogen and oxygen atoms in total. The molecule has 232 valence electrons. The van der Waals surface area contributed by atoms with Crippen molar-refractivity contribution >= 4 is 76.9 Å². The summed E-state index contributed by atoms with van der Waals surface area (Å²) in [4.78, 5) is 4.06. The number of nitrogens with zero attached hydrogens (tertiary/aromatic N) is 1. The van der Waals surface area contributed by atoms with Crippen LogP contribution < -0.4 is 5.32 Å². The topological polar surface area (TPSA) is 48.2 Å². The molecule has 0 fully saturated rings. The van der Waals surface area contributed by atoms with E-state index in [2.05, 4.69) is 109 Å². The largest absolute Gasteiger partial charge is 0.388 e. The zero-order valence-electron chi connectivity index (χ0n) is 27.0. The number of rotatable bonds is 6. The second-order valence-corrected chi connectivity index (χ2v) is 12.7. The minimum absolute atomic E-state index is 0.428. The Kier molecular flexibility index (Phi) is 8.65. The van der Waals surface area contributed by atoms with Crippen LogP contribution in [0.25, 0.3) is 58.5 Å². The van der Waals surface area contributed by atoms with Gasteiger partial charge in [-0.15, -0.1) is 11.3 Å². The number of hydrogen-bond donors (Lipinski definition) is 2. The first-order chi connectivity index (χ1) is 23.6. The zero-order chi connectivity index (χ0) is 33.0. The summed E-state index contributed by atoms with van der Waals surface area (Å²) in [5.74, 6) is 0. The second-order valence-electron chi connectivity index (χ2n) is 11.7. The van der Waals surface area contributed by atoms with Crippen LogP contribution in [0, 0.1) is 12.3 Å². The molecule has 0 atom stereocenters. The van der Waals surface area contributed by atoms with Gasteiger partial charge >= 0.3 is 0 Å². The van der Waals surface area contributed by atoms with Gasteiger partial charge in [0.25, 0.3) is 0 Å². The molecule has 0 aliphatic rings. The lowest BCUT2D eigenvalue weighted by molar-refractivity contribution is 1.48. The maximum Gasteiger partial charge on any atom is 0.0716 e. The molecule has 0 amide bonds. The first-order valence-corrected chi connectivity index (χ1v) is 16.8. The van der Waals surface area contributed by atoms with Gasteiger partial charge < -0.3 is 10.7 Å². The van der Waals surface area contributed by atoms with E-state index in [9.17, 15) is 0 Å². The molecule has 2 N–H and O–H groups in total. The standard InChI is InChI=1S/C24H19NS.C20H16N2/c1-15-16-9-3-4-10-17(16)24-23(19-12-6-8-14-21(19)26-24)22(15)18-11-5-7-13-20(18)25-2;1-22-20(16-8-3-2-4-9-16)14-19(21)18-12-11-15-7-5-6-10-17(15)13-18/h3-14,25H,1-2H3;2-14,21H,1H2/b;20-14-,21-19?. The highest BCUT2D eigenvalue weighted by Crippen LogP contribution is 2.47. The number of benzene rings is 7. The van der Waals surface area contributed by atoms with E-state index in [1.807, 2.05) is 79.0 Å². The number of thiophene rings is 1. The summed E-state index contributed by atoms with van der Waals surface area (Å²) in [6.45, 7) is 5.88. The van der Waals surface area contributed by atoms with Crippen LogP contribution in [0.1, 0.15) is 16.7 Å². The van der Waals surface area contributed by atoms with E-state index in [1.54, 1.807) is 6.08 Å². The Hall–Kier alpha value is -5.84. The Bertz CT molecular complexity index is 2490. The van der Waals surface area contributed by atoms with Crippen molar-refractivity contribution in [1.29, 1.82) is 5.41 Å². The minimum atomic E-state index is 0.428. The highest BCUT2D eigenvalue weighted by Gasteiger charge is 2.19. The lowest BCUT2D eigenvalue weighted by atomic mass is 9.90. The Labute approximate surface area is 285 Å². The van der Waals surface area contributed by atoms with E-state index in [0.717, 1.165) is 16.5 Å². The van der Waals surface area contributed by atoms with E-state index < -0.39 is 0 Å². The molecule has 0 spiro atoms. The van der Waals surface area contributed by atoms with Crippen molar-refractivity contribution in [3.8, 4) is 11.1 Å². The van der Waals surface area contributed by atoms with E-state index in [1.165, 1.54) is 58.7 Å². The van der Waals surface area contributed by atoms with Gasteiger partial charge in [0, 0.05) is 49.6 Å². The fraction of sp³-hybridized carbons (Fsp3) is 0.0455. The van der Waals surface area contributed by atoms with Gasteiger partial charge in [-0.2, -0.15) is 0 Å². The summed E-state index contributed by atoms with van der Waals surface area (Å²) >= 11 is 1.90. The molecule has 8 rings (SSSR count). The molecule has 0 unspecified atom stereocenters. The molecular formula is C44H35N3S. The molecule has 0 aliphatic carbocycles. The third-order valence-electron chi connectivity index (χ3n) is 8.84. The van der Waals surface area contributed by atoms with E-state index in [4.69, 9.17) is 5.41 Å². The van der Waals surface area contributed by atoms with Gasteiger partial charge in [0.1, 0.15) is 0 Å². The molecule has 1 heterocycles. The third-order valence-corrected chi connectivity index (χ3v) is 10.0. The first-order valence-electron chi connectivity index (χ1n) is 16.0. The number of aliphatic imine (C=N–C) groups is 1. The second kappa shape index (κ2) is 13.5. The van der Waals surface area contributed by atoms with Crippen LogP contribution in [0.5, 0.6) is 0 Å². The number of aryl methyl sites for hydroxylation is 1. The number of fused-ring (bicyclic) bond motifs is 6. The van der Waals surface area contributed by atoms with E-state index in [-0.39, 0.29) is 0 Å². The van der Waals surface area contributed by atoms with Crippen molar-refractivity contribution in [2.45, 2.75) is 6.92 Å². The molecule has 0 saturated carbocycles. The summed E-state index contributed by atoms with van der Waals surface area (Å²) < 4.78 is 2.73. The van der Waals surface area contributed by atoms with Gasteiger partial charge in [-0.1, -0.05) is 127 Å². The van der Waals surface area contributed by atoms with Crippen molar-refractivity contribution in [2.75, 3.05) is 12.4 Å². The Morgan fingerprint density at radius 2 is 1.33 bits per heavy atom. The van der Waals surface area contributed by atoms with Crippen LogP contribution >= 0.6 is 11.3 Å². The highest BCUT2D eigenvalue weighted by atomic mass is 32.1. The van der Waals surface area contributed by atoms with E-state index in [0.29, 0.717) is 11.4 Å². The number of nitrogens with one attached hydrogen (secondary N) is 2. The molecule has 7 aromatic carbocycles. The first kappa shape index (κ1) is 30.8. The summed E-state index contributed by atoms with van der Waals surface area (Å²) in [5, 5.41) is 19.4. The maximum absolute atomic E-state index is 8.32. The third kappa shape index (κ3) is 5.79. The van der Waals surface area contributed by atoms with Crippen molar-refractivity contribution in [3.63, 3.8) is 0 Å². The smallest absolute Gasteiger partial charge is 0.0716 e. The van der Waals surface area contributed by atoms with Crippen molar-refractivity contribution in [2.24, 2.45) is 4.99 Å². The lowest BCUT2D eigenvalue weighted by Gasteiger charge is -2.16. The van der Waals surface area contributed by atoms with Gasteiger partial charge in [0.2, 0.25) is 0 Å². The fourth-order valence-electron chi connectivity index (χ4n) is 6.48. The summed E-state index contributed by atoms with van der Waals surface area (Å²) in [5.41, 5.74) is 8.10. The van der Waals surface area contributed by atoms with Crippen LogP contribution in [0.15, 0.2) is 157 Å². The Balaban J connectivity index is 0.000000154. The van der Waals surface area contributed by atoms with E-state index >= 15 is 0 Å². The Morgan fingerprint density at radius 3 is 2.10 bits per heavy atom. The Morgan fingerprint density at radius 1 is 0.688 bits per heavy atom. The molecule has 48 heavy (non-hydrogen) atoms. The predicted octanol–water partition coefficient (Wildman–Crippen LogP) is 12.2. The monoisotopic (exact) mass is 637 g/mol. The van der Waals surface area contributed by atoms with Gasteiger partial charge in [0.15, 0.2) is 0 Å². The molecule has 1 aromatic heterocycles. The maximum atomic E-state index is 8.32. The average Bonchev–Trinajstić information content (AvgIpc) is 3.54. The summed E-state index contributed by atoms with van der Waals surface area (Å²) in [6, 6.07) is 50.1. The van der Waals surface area contributed by atoms with Crippen LogP contribution in [0.2, 0.25) is 0 Å². The van der Waals surface area contributed by atoms with Crippen LogP contribution in [-0.4, -0.2) is 19.5 Å². The van der Waals surface area contributed by atoms with Crippen molar-refractivity contribution in [3.05, 3.63) is 168 Å². The lowest BCUT2D eigenvalue weighted by Crippen LogP contribution is -1.96. The number of anilines is 1. The van der Waals surface area contributed by atoms with Crippen LogP contribution in [0.4, 0.5) is 5.69 Å². The SMILES string of the molecule is C=N/C(=C\C(=N)c1ccc2ccccc2c1)c1ccccc1.CNc1ccccc1-c1c(C)c2ccccc2c2sc3ccccc3c12. The normalized spacial score (nSPS) is 11.4. The molecule has 4 heteroatoms. The van der Waals surface area contributed by atoms with Gasteiger partial charge in [0.05, 0.1) is 11.4 Å². The molecule has 8 aromatic rings. The molecule has 0 radical (unpaired) electrons.